The summed E-state index contributed by atoms with van der Waals surface area (Å²) in [5, 5.41) is 0. The van der Waals surface area contributed by atoms with Crippen LogP contribution in [0.5, 0.6) is 0 Å². The number of rotatable bonds is 9. The molecule has 150 valence electrons. The third-order valence-corrected chi connectivity index (χ3v) is 4.59. The molecule has 3 heteroatoms. The molecule has 1 aromatic carbocycles. The molecule has 1 unspecified atom stereocenters. The molecule has 0 amide bonds. The average molecular weight is 366 g/mol. The predicted octanol–water partition coefficient (Wildman–Crippen LogP) is 6.21. The van der Waals surface area contributed by atoms with Crippen LogP contribution in [0.15, 0.2) is 35.9 Å². The van der Waals surface area contributed by atoms with Crippen LogP contribution in [0, 0.1) is 5.82 Å². The number of hydrogen-bond acceptors (Lipinski definition) is 2. The molecule has 0 heterocycles. The lowest BCUT2D eigenvalue weighted by atomic mass is 9.78. The molecule has 0 fully saturated rings. The molecule has 2 nitrogen and oxygen atoms in total. The van der Waals surface area contributed by atoms with Crippen LogP contribution in [0.1, 0.15) is 66.4 Å². The maximum atomic E-state index is 13.2. The molecule has 0 aromatic heterocycles. The number of hydrogen-bond donors (Lipinski definition) is 0. The second-order valence-corrected chi connectivity index (χ2v) is 7.82. The van der Waals surface area contributed by atoms with E-state index in [1.54, 1.807) is 19.2 Å². The number of nitrogens with zero attached hydrogens (tertiary/aromatic N) is 1. The highest BCUT2D eigenvalue weighted by Crippen LogP contribution is 2.30. The van der Waals surface area contributed by atoms with Gasteiger partial charge in [-0.05, 0) is 70.3 Å². The minimum absolute atomic E-state index is 0.0186. The molecule has 0 saturated heterocycles. The first-order valence-corrected chi connectivity index (χ1v) is 9.78. The SMILES string of the molecule is CCCCN(C)C(C=C(C)C)CC(C)(C)c1ccc(F)cc1.CCOC. The first kappa shape index (κ1) is 24.8. The number of methoxy groups -OCH3 is 1. The monoisotopic (exact) mass is 365 g/mol. The van der Waals surface area contributed by atoms with Gasteiger partial charge in [-0.15, -0.1) is 0 Å². The molecule has 1 rings (SSSR count). The lowest BCUT2D eigenvalue weighted by Gasteiger charge is -2.34. The molecule has 0 bridgehead atoms. The van der Waals surface area contributed by atoms with Crippen molar-refractivity contribution in [3.63, 3.8) is 0 Å². The van der Waals surface area contributed by atoms with Gasteiger partial charge >= 0.3 is 0 Å². The Hall–Kier alpha value is -1.19. The second kappa shape index (κ2) is 13.1. The second-order valence-electron chi connectivity index (χ2n) is 7.82. The third kappa shape index (κ3) is 10.1. The zero-order valence-electron chi connectivity index (χ0n) is 18.2. The van der Waals surface area contributed by atoms with E-state index in [0.29, 0.717) is 6.04 Å². The van der Waals surface area contributed by atoms with E-state index in [-0.39, 0.29) is 11.2 Å². The van der Waals surface area contributed by atoms with Gasteiger partial charge in [0.05, 0.1) is 0 Å². The minimum Gasteiger partial charge on any atom is -0.385 e. The average Bonchev–Trinajstić information content (AvgIpc) is 2.59. The first-order chi connectivity index (χ1) is 12.2. The van der Waals surface area contributed by atoms with Crippen LogP contribution in [-0.4, -0.2) is 38.3 Å². The van der Waals surface area contributed by atoms with Crippen LogP contribution >= 0.6 is 0 Å². The van der Waals surface area contributed by atoms with E-state index >= 15 is 0 Å². The summed E-state index contributed by atoms with van der Waals surface area (Å²) in [5.74, 6) is -0.166. The van der Waals surface area contributed by atoms with Crippen molar-refractivity contribution in [2.75, 3.05) is 27.3 Å². The highest BCUT2D eigenvalue weighted by atomic mass is 19.1. The molecule has 0 N–H and O–H groups in total. The summed E-state index contributed by atoms with van der Waals surface area (Å²) >= 11 is 0. The Balaban J connectivity index is 0.00000141. The highest BCUT2D eigenvalue weighted by molar-refractivity contribution is 5.25. The minimum atomic E-state index is -0.166. The van der Waals surface area contributed by atoms with Crippen LogP contribution in [0.2, 0.25) is 0 Å². The maximum absolute atomic E-state index is 13.2. The van der Waals surface area contributed by atoms with Crippen molar-refractivity contribution in [3.8, 4) is 0 Å². The Kier molecular flexibility index (Phi) is 12.5. The zero-order chi connectivity index (χ0) is 20.2. The zero-order valence-corrected chi connectivity index (χ0v) is 18.2. The summed E-state index contributed by atoms with van der Waals surface area (Å²) in [5.41, 5.74) is 2.57. The van der Waals surface area contributed by atoms with Crippen molar-refractivity contribution < 1.29 is 9.13 Å². The van der Waals surface area contributed by atoms with Gasteiger partial charge in [-0.25, -0.2) is 4.39 Å². The van der Waals surface area contributed by atoms with Crippen molar-refractivity contribution >= 4 is 0 Å². The van der Waals surface area contributed by atoms with E-state index in [0.717, 1.165) is 19.6 Å². The van der Waals surface area contributed by atoms with Crippen LogP contribution < -0.4 is 0 Å². The van der Waals surface area contributed by atoms with Crippen LogP contribution in [0.25, 0.3) is 0 Å². The molecule has 1 aromatic rings. The van der Waals surface area contributed by atoms with Crippen LogP contribution in [-0.2, 0) is 10.2 Å². The van der Waals surface area contributed by atoms with Crippen molar-refractivity contribution in [2.24, 2.45) is 0 Å². The Morgan fingerprint density at radius 1 is 1.19 bits per heavy atom. The molecular weight excluding hydrogens is 325 g/mol. The van der Waals surface area contributed by atoms with Crippen LogP contribution in [0.4, 0.5) is 4.39 Å². The smallest absolute Gasteiger partial charge is 0.123 e. The summed E-state index contributed by atoms with van der Waals surface area (Å²) in [6.07, 6.45) is 5.83. The summed E-state index contributed by atoms with van der Waals surface area (Å²) < 4.78 is 17.7. The number of benzene rings is 1. The fourth-order valence-electron chi connectivity index (χ4n) is 2.84. The first-order valence-electron chi connectivity index (χ1n) is 9.78. The molecule has 0 spiro atoms. The maximum Gasteiger partial charge on any atom is 0.123 e. The Morgan fingerprint density at radius 2 is 1.73 bits per heavy atom. The summed E-state index contributed by atoms with van der Waals surface area (Å²) in [6.45, 7) is 14.9. The van der Waals surface area contributed by atoms with Gasteiger partial charge in [0.1, 0.15) is 5.82 Å². The van der Waals surface area contributed by atoms with E-state index in [1.165, 1.54) is 24.0 Å². The standard InChI is InChI=1S/C20H32FN.C3H8O/c1-7-8-13-22(6)19(14-16(2)3)15-20(4,5)17-9-11-18(21)12-10-17;1-3-4-2/h9-12,14,19H,7-8,13,15H2,1-6H3;3H2,1-2H3. The number of likely N-dealkylation sites (N-methyl/N-ethyl adjacent to an activating group) is 1. The van der Waals surface area contributed by atoms with Gasteiger partial charge in [-0.1, -0.05) is 51.0 Å². The van der Waals surface area contributed by atoms with Gasteiger partial charge in [0.2, 0.25) is 0 Å². The Bertz CT molecular complexity index is 501. The van der Waals surface area contributed by atoms with E-state index < -0.39 is 0 Å². The van der Waals surface area contributed by atoms with Gasteiger partial charge in [0.25, 0.3) is 0 Å². The fraction of sp³-hybridized carbons (Fsp3) is 0.652. The van der Waals surface area contributed by atoms with Crippen molar-refractivity contribution in [1.82, 2.24) is 4.90 Å². The molecule has 0 aliphatic heterocycles. The van der Waals surface area contributed by atoms with Gasteiger partial charge in [-0.3, -0.25) is 4.90 Å². The van der Waals surface area contributed by atoms with E-state index in [2.05, 4.69) is 57.4 Å². The number of ether oxygens (including phenoxy) is 1. The lowest BCUT2D eigenvalue weighted by Crippen LogP contribution is -2.36. The fourth-order valence-corrected chi connectivity index (χ4v) is 2.84. The van der Waals surface area contributed by atoms with E-state index in [4.69, 9.17) is 0 Å². The molecule has 1 atom stereocenters. The molecule has 0 aliphatic rings. The van der Waals surface area contributed by atoms with Gasteiger partial charge in [0.15, 0.2) is 0 Å². The van der Waals surface area contributed by atoms with Gasteiger partial charge in [0, 0.05) is 19.8 Å². The molecular formula is C23H40FNO. The number of allylic oxidation sites excluding steroid dienone is 1. The molecule has 0 radical (unpaired) electrons. The quantitative estimate of drug-likeness (QED) is 0.482. The topological polar surface area (TPSA) is 12.5 Å². The Labute approximate surface area is 161 Å². The largest absolute Gasteiger partial charge is 0.385 e. The lowest BCUT2D eigenvalue weighted by molar-refractivity contribution is 0.215. The molecule has 0 aliphatic carbocycles. The summed E-state index contributed by atoms with van der Waals surface area (Å²) in [6, 6.07) is 7.38. The highest BCUT2D eigenvalue weighted by Gasteiger charge is 2.26. The summed E-state index contributed by atoms with van der Waals surface area (Å²) in [4.78, 5) is 2.45. The summed E-state index contributed by atoms with van der Waals surface area (Å²) in [7, 11) is 3.89. The molecule has 26 heavy (non-hydrogen) atoms. The van der Waals surface area contributed by atoms with Gasteiger partial charge in [-0.2, -0.15) is 0 Å². The predicted molar refractivity (Wildman–Crippen MR) is 112 cm³/mol. The van der Waals surface area contributed by atoms with Crippen LogP contribution in [0.3, 0.4) is 0 Å². The number of halogens is 1. The number of unbranched alkanes of at least 4 members (excludes halogenated alkanes) is 1. The van der Waals surface area contributed by atoms with Crippen molar-refractivity contribution in [1.29, 1.82) is 0 Å². The van der Waals surface area contributed by atoms with E-state index in [1.807, 2.05) is 19.1 Å². The van der Waals surface area contributed by atoms with Crippen molar-refractivity contribution in [2.45, 2.75) is 72.3 Å². The van der Waals surface area contributed by atoms with Crippen molar-refractivity contribution in [3.05, 3.63) is 47.3 Å². The van der Waals surface area contributed by atoms with Gasteiger partial charge < -0.3 is 4.74 Å². The Morgan fingerprint density at radius 3 is 2.15 bits per heavy atom. The van der Waals surface area contributed by atoms with E-state index in [9.17, 15) is 4.39 Å². The normalized spacial score (nSPS) is 12.4. The molecule has 0 saturated carbocycles. The third-order valence-electron chi connectivity index (χ3n) is 4.59.